The van der Waals surface area contributed by atoms with E-state index in [1.165, 1.54) is 6.33 Å². The van der Waals surface area contributed by atoms with Gasteiger partial charge in [0.1, 0.15) is 12.1 Å². The number of aromatic nitrogens is 3. The third-order valence-electron chi connectivity index (χ3n) is 3.24. The number of benzene rings is 1. The van der Waals surface area contributed by atoms with E-state index in [9.17, 15) is 0 Å². The molecule has 0 atom stereocenters. The van der Waals surface area contributed by atoms with Crippen LogP contribution >= 0.6 is 0 Å². The maximum absolute atomic E-state index is 5.95. The monoisotopic (exact) mass is 282 g/mol. The van der Waals surface area contributed by atoms with Crippen LogP contribution in [0.1, 0.15) is 5.56 Å². The molecule has 0 saturated carbocycles. The summed E-state index contributed by atoms with van der Waals surface area (Å²) in [5.74, 6) is 1.64. The molecule has 0 aliphatic carbocycles. The van der Waals surface area contributed by atoms with Crippen molar-refractivity contribution in [2.45, 2.75) is 6.92 Å². The first-order chi connectivity index (χ1) is 10.2. The number of methoxy groups -OCH3 is 1. The quantitative estimate of drug-likeness (QED) is 0.794. The van der Waals surface area contributed by atoms with Crippen molar-refractivity contribution < 1.29 is 9.26 Å². The van der Waals surface area contributed by atoms with Crippen molar-refractivity contribution >= 4 is 5.82 Å². The van der Waals surface area contributed by atoms with Crippen LogP contribution in [0.4, 0.5) is 5.82 Å². The Morgan fingerprint density at radius 3 is 2.62 bits per heavy atom. The zero-order valence-corrected chi connectivity index (χ0v) is 11.7. The molecule has 0 aliphatic rings. The number of nitrogen functional groups attached to an aromatic ring is 1. The lowest BCUT2D eigenvalue weighted by atomic mass is 10.0. The number of rotatable bonds is 3. The van der Waals surface area contributed by atoms with Crippen molar-refractivity contribution in [3.8, 4) is 28.2 Å². The Morgan fingerprint density at radius 1 is 1.14 bits per heavy atom. The molecule has 6 nitrogen and oxygen atoms in total. The van der Waals surface area contributed by atoms with Crippen LogP contribution in [0.3, 0.4) is 0 Å². The van der Waals surface area contributed by atoms with Crippen LogP contribution in [-0.4, -0.2) is 22.2 Å². The van der Waals surface area contributed by atoms with Gasteiger partial charge in [-0.3, -0.25) is 0 Å². The van der Waals surface area contributed by atoms with Gasteiger partial charge in [0.25, 0.3) is 0 Å². The van der Waals surface area contributed by atoms with E-state index in [1.54, 1.807) is 19.5 Å². The van der Waals surface area contributed by atoms with Crippen LogP contribution in [0.25, 0.3) is 22.5 Å². The summed E-state index contributed by atoms with van der Waals surface area (Å²) in [7, 11) is 1.63. The van der Waals surface area contributed by atoms with Gasteiger partial charge >= 0.3 is 0 Å². The van der Waals surface area contributed by atoms with Gasteiger partial charge in [0.15, 0.2) is 11.6 Å². The summed E-state index contributed by atoms with van der Waals surface area (Å²) in [6.45, 7) is 1.98. The lowest BCUT2D eigenvalue weighted by Gasteiger charge is -2.08. The predicted molar refractivity (Wildman–Crippen MR) is 78.7 cm³/mol. The topological polar surface area (TPSA) is 87.1 Å². The fraction of sp³-hybridized carbons (Fsp3) is 0.133. The molecule has 2 heterocycles. The molecule has 0 unspecified atom stereocenters. The number of nitrogens with zero attached hydrogens (tertiary/aromatic N) is 3. The van der Waals surface area contributed by atoms with Crippen molar-refractivity contribution in [3.05, 3.63) is 42.5 Å². The SMILES string of the molecule is COc1cc(-c2c(N)noc2-c2cncnc2)ccc1C. The first kappa shape index (κ1) is 13.1. The molecule has 0 bridgehead atoms. The maximum Gasteiger partial charge on any atom is 0.180 e. The Morgan fingerprint density at radius 2 is 1.90 bits per heavy atom. The molecule has 0 fully saturated rings. The van der Waals surface area contributed by atoms with Gasteiger partial charge in [-0.15, -0.1) is 0 Å². The molecule has 0 radical (unpaired) electrons. The molecule has 6 heteroatoms. The Bertz CT molecular complexity index is 769. The molecule has 0 saturated heterocycles. The molecule has 106 valence electrons. The van der Waals surface area contributed by atoms with Gasteiger partial charge in [-0.05, 0) is 24.1 Å². The highest BCUT2D eigenvalue weighted by molar-refractivity contribution is 5.86. The summed E-state index contributed by atoms with van der Waals surface area (Å²) in [4.78, 5) is 7.98. The first-order valence-corrected chi connectivity index (χ1v) is 6.36. The highest BCUT2D eigenvalue weighted by Gasteiger charge is 2.18. The van der Waals surface area contributed by atoms with Gasteiger partial charge in [0.05, 0.1) is 18.2 Å². The third-order valence-corrected chi connectivity index (χ3v) is 3.24. The van der Waals surface area contributed by atoms with Crippen molar-refractivity contribution in [2.75, 3.05) is 12.8 Å². The van der Waals surface area contributed by atoms with E-state index in [1.807, 2.05) is 25.1 Å². The highest BCUT2D eigenvalue weighted by atomic mass is 16.5. The minimum absolute atomic E-state index is 0.319. The highest BCUT2D eigenvalue weighted by Crippen LogP contribution is 2.37. The number of hydrogen-bond donors (Lipinski definition) is 1. The van der Waals surface area contributed by atoms with Gasteiger partial charge in [0, 0.05) is 12.4 Å². The van der Waals surface area contributed by atoms with E-state index in [-0.39, 0.29) is 0 Å². The predicted octanol–water partition coefficient (Wildman–Crippen LogP) is 2.70. The Kier molecular flexibility index (Phi) is 3.27. The van der Waals surface area contributed by atoms with Gasteiger partial charge in [-0.25, -0.2) is 9.97 Å². The minimum atomic E-state index is 0.319. The van der Waals surface area contributed by atoms with E-state index in [0.717, 1.165) is 22.4 Å². The summed E-state index contributed by atoms with van der Waals surface area (Å²) in [5.41, 5.74) is 9.30. The molecule has 1 aromatic carbocycles. The molecule has 2 N–H and O–H groups in total. The molecule has 3 rings (SSSR count). The van der Waals surface area contributed by atoms with Crippen LogP contribution in [0.2, 0.25) is 0 Å². The molecule has 3 aromatic rings. The smallest absolute Gasteiger partial charge is 0.180 e. The van der Waals surface area contributed by atoms with Crippen LogP contribution < -0.4 is 10.5 Å². The summed E-state index contributed by atoms with van der Waals surface area (Å²) < 4.78 is 10.7. The van der Waals surface area contributed by atoms with E-state index >= 15 is 0 Å². The number of aryl methyl sites for hydroxylation is 1. The summed E-state index contributed by atoms with van der Waals surface area (Å²) in [6, 6.07) is 5.82. The zero-order chi connectivity index (χ0) is 14.8. The fourth-order valence-electron chi connectivity index (χ4n) is 2.17. The van der Waals surface area contributed by atoms with Crippen LogP contribution in [0.15, 0.2) is 41.4 Å². The average Bonchev–Trinajstić information content (AvgIpc) is 2.90. The Labute approximate surface area is 121 Å². The summed E-state index contributed by atoms with van der Waals surface area (Å²) in [6.07, 6.45) is 4.77. The van der Waals surface area contributed by atoms with Crippen LogP contribution in [-0.2, 0) is 0 Å². The normalized spacial score (nSPS) is 10.6. The van der Waals surface area contributed by atoms with Crippen LogP contribution in [0, 0.1) is 6.92 Å². The first-order valence-electron chi connectivity index (χ1n) is 6.36. The standard InChI is InChI=1S/C15H14N4O2/c1-9-3-4-10(5-12(9)20-2)13-14(21-19-15(13)16)11-6-17-8-18-7-11/h3-8H,1-2H3,(H2,16,19). The minimum Gasteiger partial charge on any atom is -0.496 e. The molecular formula is C15H14N4O2. The fourth-order valence-corrected chi connectivity index (χ4v) is 2.17. The Hall–Kier alpha value is -2.89. The summed E-state index contributed by atoms with van der Waals surface area (Å²) >= 11 is 0. The van der Waals surface area contributed by atoms with Crippen LogP contribution in [0.5, 0.6) is 5.75 Å². The second-order valence-electron chi connectivity index (χ2n) is 4.58. The van der Waals surface area contributed by atoms with Crippen molar-refractivity contribution in [2.24, 2.45) is 0 Å². The molecule has 0 spiro atoms. The van der Waals surface area contributed by atoms with E-state index in [4.69, 9.17) is 15.0 Å². The lowest BCUT2D eigenvalue weighted by molar-refractivity contribution is 0.412. The molecule has 0 amide bonds. The van der Waals surface area contributed by atoms with Crippen molar-refractivity contribution in [3.63, 3.8) is 0 Å². The second-order valence-corrected chi connectivity index (χ2v) is 4.58. The second kappa shape index (κ2) is 5.24. The number of anilines is 1. The molecule has 21 heavy (non-hydrogen) atoms. The van der Waals surface area contributed by atoms with Gasteiger partial charge < -0.3 is 15.0 Å². The van der Waals surface area contributed by atoms with E-state index in [0.29, 0.717) is 17.1 Å². The average molecular weight is 282 g/mol. The Balaban J connectivity index is 2.17. The molecular weight excluding hydrogens is 268 g/mol. The van der Waals surface area contributed by atoms with Crippen molar-refractivity contribution in [1.82, 2.24) is 15.1 Å². The number of nitrogens with two attached hydrogens (primary N) is 1. The third kappa shape index (κ3) is 2.31. The zero-order valence-electron chi connectivity index (χ0n) is 11.7. The molecule has 2 aromatic heterocycles. The number of hydrogen-bond acceptors (Lipinski definition) is 6. The lowest BCUT2D eigenvalue weighted by Crippen LogP contribution is -1.92. The van der Waals surface area contributed by atoms with Gasteiger partial charge in [-0.2, -0.15) is 0 Å². The van der Waals surface area contributed by atoms with E-state index < -0.39 is 0 Å². The van der Waals surface area contributed by atoms with Gasteiger partial charge in [0.2, 0.25) is 0 Å². The number of ether oxygens (including phenoxy) is 1. The van der Waals surface area contributed by atoms with E-state index in [2.05, 4.69) is 15.1 Å². The maximum atomic E-state index is 5.95. The molecule has 0 aliphatic heterocycles. The summed E-state index contributed by atoms with van der Waals surface area (Å²) in [5, 5.41) is 3.85. The van der Waals surface area contributed by atoms with Crippen molar-refractivity contribution in [1.29, 1.82) is 0 Å². The largest absolute Gasteiger partial charge is 0.496 e. The van der Waals surface area contributed by atoms with Gasteiger partial charge in [-0.1, -0.05) is 17.3 Å².